The quantitative estimate of drug-likeness (QED) is 0.896. The highest BCUT2D eigenvalue weighted by molar-refractivity contribution is 9.10. The molecule has 1 aliphatic carbocycles. The summed E-state index contributed by atoms with van der Waals surface area (Å²) in [6.45, 7) is 0.583. The number of halogens is 2. The van der Waals surface area contributed by atoms with Crippen molar-refractivity contribution in [3.05, 3.63) is 34.1 Å². The van der Waals surface area contributed by atoms with E-state index in [9.17, 15) is 9.18 Å². The van der Waals surface area contributed by atoms with Crippen LogP contribution in [0, 0.1) is 11.7 Å². The fraction of sp³-hybridized carbons (Fsp3) is 0.500. The lowest BCUT2D eigenvalue weighted by Gasteiger charge is -2.31. The van der Waals surface area contributed by atoms with Crippen LogP contribution in [-0.2, 0) is 0 Å². The Morgan fingerprint density at radius 1 is 1.42 bits per heavy atom. The van der Waals surface area contributed by atoms with E-state index in [-0.39, 0.29) is 11.9 Å². The van der Waals surface area contributed by atoms with Crippen LogP contribution in [0.15, 0.2) is 22.7 Å². The Balaban J connectivity index is 2.05. The summed E-state index contributed by atoms with van der Waals surface area (Å²) in [5, 5.41) is 2.98. The molecule has 3 nitrogen and oxygen atoms in total. The molecule has 0 aromatic heterocycles. The molecule has 0 bridgehead atoms. The Morgan fingerprint density at radius 2 is 2.16 bits per heavy atom. The summed E-state index contributed by atoms with van der Waals surface area (Å²) in [5.74, 6) is -0.318. The molecule has 2 atom stereocenters. The van der Waals surface area contributed by atoms with Gasteiger partial charge in [0.05, 0.1) is 4.47 Å². The summed E-state index contributed by atoms with van der Waals surface area (Å²) in [6.07, 6.45) is 4.28. The molecule has 1 amide bonds. The molecule has 19 heavy (non-hydrogen) atoms. The molecule has 1 saturated carbocycles. The number of nitrogens with one attached hydrogen (secondary N) is 1. The summed E-state index contributed by atoms with van der Waals surface area (Å²) in [6, 6.07) is 4.52. The van der Waals surface area contributed by atoms with Gasteiger partial charge in [0.15, 0.2) is 0 Å². The number of amides is 1. The molecule has 1 aromatic rings. The molecule has 2 rings (SSSR count). The lowest BCUT2D eigenvalue weighted by Crippen LogP contribution is -2.44. The molecule has 1 aromatic carbocycles. The first-order chi connectivity index (χ1) is 9.11. The molecule has 0 heterocycles. The monoisotopic (exact) mass is 328 g/mol. The first-order valence-electron chi connectivity index (χ1n) is 6.58. The molecule has 0 radical (unpaired) electrons. The number of nitrogens with two attached hydrogens (primary N) is 1. The molecule has 0 saturated heterocycles. The minimum absolute atomic E-state index is 0.109. The third kappa shape index (κ3) is 3.54. The van der Waals surface area contributed by atoms with Crippen molar-refractivity contribution >= 4 is 21.8 Å². The average molecular weight is 329 g/mol. The molecular formula is C14H18BrFN2O. The van der Waals surface area contributed by atoms with E-state index in [0.717, 1.165) is 19.3 Å². The van der Waals surface area contributed by atoms with E-state index in [1.807, 2.05) is 0 Å². The predicted molar refractivity (Wildman–Crippen MR) is 76.4 cm³/mol. The van der Waals surface area contributed by atoms with E-state index >= 15 is 0 Å². The molecule has 2 unspecified atom stereocenters. The van der Waals surface area contributed by atoms with Gasteiger partial charge in [-0.1, -0.05) is 12.8 Å². The van der Waals surface area contributed by atoms with Crippen molar-refractivity contribution in [2.75, 3.05) is 6.54 Å². The van der Waals surface area contributed by atoms with Crippen molar-refractivity contribution in [2.45, 2.75) is 31.7 Å². The highest BCUT2D eigenvalue weighted by Crippen LogP contribution is 2.24. The zero-order chi connectivity index (χ0) is 13.8. The van der Waals surface area contributed by atoms with Crippen LogP contribution in [0.2, 0.25) is 0 Å². The van der Waals surface area contributed by atoms with Crippen molar-refractivity contribution in [2.24, 2.45) is 11.7 Å². The Kier molecular flexibility index (Phi) is 4.93. The second-order valence-electron chi connectivity index (χ2n) is 4.99. The summed E-state index contributed by atoms with van der Waals surface area (Å²) >= 11 is 3.07. The number of carbonyl (C=O) groups is 1. The number of hydrogen-bond donors (Lipinski definition) is 2. The Hall–Kier alpha value is -0.940. The lowest BCUT2D eigenvalue weighted by molar-refractivity contribution is 0.0907. The summed E-state index contributed by atoms with van der Waals surface area (Å²) in [5.41, 5.74) is 6.08. The number of carbonyl (C=O) groups excluding carboxylic acids is 1. The first-order valence-corrected chi connectivity index (χ1v) is 7.37. The molecule has 104 valence electrons. The van der Waals surface area contributed by atoms with Gasteiger partial charge in [-0.05, 0) is 59.4 Å². The molecule has 0 aliphatic heterocycles. The zero-order valence-corrected chi connectivity index (χ0v) is 12.2. The lowest BCUT2D eigenvalue weighted by atomic mass is 9.84. The predicted octanol–water partition coefficient (Wildman–Crippen LogP) is 2.84. The van der Waals surface area contributed by atoms with Gasteiger partial charge in [-0.2, -0.15) is 0 Å². The average Bonchev–Trinajstić information content (AvgIpc) is 2.42. The van der Waals surface area contributed by atoms with Gasteiger partial charge in [0.2, 0.25) is 0 Å². The van der Waals surface area contributed by atoms with Crippen LogP contribution in [0.4, 0.5) is 4.39 Å². The molecule has 5 heteroatoms. The normalized spacial score (nSPS) is 23.1. The molecule has 1 aliphatic rings. The molecule has 3 N–H and O–H groups in total. The highest BCUT2D eigenvalue weighted by atomic mass is 79.9. The number of rotatable bonds is 3. The van der Waals surface area contributed by atoms with Crippen molar-refractivity contribution in [1.82, 2.24) is 5.32 Å². The summed E-state index contributed by atoms with van der Waals surface area (Å²) in [4.78, 5) is 12.1. The fourth-order valence-corrected chi connectivity index (χ4v) is 2.82. The van der Waals surface area contributed by atoms with Gasteiger partial charge in [-0.25, -0.2) is 4.39 Å². The van der Waals surface area contributed by atoms with Crippen molar-refractivity contribution in [1.29, 1.82) is 0 Å². The van der Waals surface area contributed by atoms with Gasteiger partial charge < -0.3 is 11.1 Å². The van der Waals surface area contributed by atoms with E-state index in [2.05, 4.69) is 21.2 Å². The molecule has 1 fully saturated rings. The van der Waals surface area contributed by atoms with Crippen LogP contribution in [-0.4, -0.2) is 18.5 Å². The largest absolute Gasteiger partial charge is 0.349 e. The van der Waals surface area contributed by atoms with Gasteiger partial charge in [0.25, 0.3) is 5.91 Å². The van der Waals surface area contributed by atoms with Gasteiger partial charge in [0.1, 0.15) is 5.82 Å². The van der Waals surface area contributed by atoms with Crippen LogP contribution in [0.3, 0.4) is 0 Å². The van der Waals surface area contributed by atoms with E-state index < -0.39 is 5.82 Å². The third-order valence-electron chi connectivity index (χ3n) is 3.71. The molecular weight excluding hydrogens is 311 g/mol. The standard InChI is InChI=1S/C14H18BrFN2O/c15-11-6-5-9(7-12(11)16)14(19)18-13-4-2-1-3-10(13)8-17/h5-7,10,13H,1-4,8,17H2,(H,18,19). The smallest absolute Gasteiger partial charge is 0.251 e. The molecule has 0 spiro atoms. The van der Waals surface area contributed by atoms with Crippen LogP contribution < -0.4 is 11.1 Å². The van der Waals surface area contributed by atoms with Gasteiger partial charge >= 0.3 is 0 Å². The maximum Gasteiger partial charge on any atom is 0.251 e. The van der Waals surface area contributed by atoms with Gasteiger partial charge in [0, 0.05) is 11.6 Å². The van der Waals surface area contributed by atoms with Crippen molar-refractivity contribution < 1.29 is 9.18 Å². The highest BCUT2D eigenvalue weighted by Gasteiger charge is 2.25. The zero-order valence-electron chi connectivity index (χ0n) is 10.7. The van der Waals surface area contributed by atoms with Gasteiger partial charge in [-0.3, -0.25) is 4.79 Å². The maximum absolute atomic E-state index is 13.4. The first kappa shape index (κ1) is 14.5. The van der Waals surface area contributed by atoms with E-state index in [1.165, 1.54) is 12.5 Å². The van der Waals surface area contributed by atoms with E-state index in [4.69, 9.17) is 5.73 Å². The Bertz CT molecular complexity index is 467. The second kappa shape index (κ2) is 6.48. The maximum atomic E-state index is 13.4. The van der Waals surface area contributed by atoms with Crippen molar-refractivity contribution in [3.8, 4) is 0 Å². The summed E-state index contributed by atoms with van der Waals surface area (Å²) in [7, 11) is 0. The van der Waals surface area contributed by atoms with Gasteiger partial charge in [-0.15, -0.1) is 0 Å². The summed E-state index contributed by atoms with van der Waals surface area (Å²) < 4.78 is 13.8. The third-order valence-corrected chi connectivity index (χ3v) is 4.35. The SMILES string of the molecule is NCC1CCCCC1NC(=O)c1ccc(Br)c(F)c1. The topological polar surface area (TPSA) is 55.1 Å². The van der Waals surface area contributed by atoms with Crippen LogP contribution >= 0.6 is 15.9 Å². The fourth-order valence-electron chi connectivity index (χ4n) is 2.57. The van der Waals surface area contributed by atoms with E-state index in [1.54, 1.807) is 12.1 Å². The van der Waals surface area contributed by atoms with E-state index in [0.29, 0.717) is 22.5 Å². The second-order valence-corrected chi connectivity index (χ2v) is 5.84. The minimum Gasteiger partial charge on any atom is -0.349 e. The van der Waals surface area contributed by atoms with Crippen LogP contribution in [0.25, 0.3) is 0 Å². The van der Waals surface area contributed by atoms with Crippen molar-refractivity contribution in [3.63, 3.8) is 0 Å². The van der Waals surface area contributed by atoms with Crippen LogP contribution in [0.5, 0.6) is 0 Å². The number of benzene rings is 1. The minimum atomic E-state index is -0.424. The Labute approximate surface area is 120 Å². The van der Waals surface area contributed by atoms with Crippen LogP contribution in [0.1, 0.15) is 36.0 Å². The Morgan fingerprint density at radius 3 is 2.84 bits per heavy atom. The number of hydrogen-bond acceptors (Lipinski definition) is 2.